The van der Waals surface area contributed by atoms with Crippen LogP contribution in [0.15, 0.2) is 18.2 Å². The molecule has 5 heteroatoms. The molecule has 118 valence electrons. The third kappa shape index (κ3) is 6.49. The van der Waals surface area contributed by atoms with Crippen LogP contribution in [-0.2, 0) is 11.3 Å². The first-order valence-electron chi connectivity index (χ1n) is 7.27. The molecule has 0 atom stereocenters. The van der Waals surface area contributed by atoms with Crippen molar-refractivity contribution in [3.63, 3.8) is 0 Å². The molecule has 0 aliphatic heterocycles. The highest BCUT2D eigenvalue weighted by Crippen LogP contribution is 2.27. The number of hydrogen-bond acceptors (Lipinski definition) is 4. The Morgan fingerprint density at radius 1 is 1.29 bits per heavy atom. The van der Waals surface area contributed by atoms with Crippen molar-refractivity contribution in [2.45, 2.75) is 26.8 Å². The minimum absolute atomic E-state index is 0.000169. The van der Waals surface area contributed by atoms with Gasteiger partial charge in [-0.25, -0.2) is 0 Å². The lowest BCUT2D eigenvalue weighted by molar-refractivity contribution is -0.123. The first kappa shape index (κ1) is 17.3. The van der Waals surface area contributed by atoms with Crippen molar-refractivity contribution in [2.24, 2.45) is 5.92 Å². The molecule has 0 spiro atoms. The maximum Gasteiger partial charge on any atom is 0.257 e. The Balaban J connectivity index is 2.48. The number of carbonyl (C=O) groups excluding carboxylic acids is 1. The number of ether oxygens (including phenoxy) is 2. The molecule has 2 N–H and O–H groups in total. The summed E-state index contributed by atoms with van der Waals surface area (Å²) in [6, 6.07) is 5.68. The molecule has 0 aliphatic carbocycles. The van der Waals surface area contributed by atoms with Gasteiger partial charge in [0.05, 0.1) is 7.11 Å². The Labute approximate surface area is 127 Å². The van der Waals surface area contributed by atoms with E-state index in [4.69, 9.17) is 9.47 Å². The van der Waals surface area contributed by atoms with Crippen molar-refractivity contribution in [3.8, 4) is 11.5 Å². The third-order valence-electron chi connectivity index (χ3n) is 3.01. The number of rotatable bonds is 9. The zero-order chi connectivity index (χ0) is 15.7. The molecule has 0 radical (unpaired) electrons. The molecule has 5 nitrogen and oxygen atoms in total. The second kappa shape index (κ2) is 9.23. The first-order valence-corrected chi connectivity index (χ1v) is 7.27. The number of amides is 1. The summed E-state index contributed by atoms with van der Waals surface area (Å²) in [7, 11) is 3.48. The number of benzene rings is 1. The zero-order valence-corrected chi connectivity index (χ0v) is 13.4. The first-order chi connectivity index (χ1) is 10.1. The van der Waals surface area contributed by atoms with Gasteiger partial charge in [-0.05, 0) is 37.1 Å². The second-order valence-electron chi connectivity index (χ2n) is 5.34. The Bertz CT molecular complexity index is 447. The molecule has 0 aromatic heterocycles. The molecule has 1 aromatic rings. The second-order valence-corrected chi connectivity index (χ2v) is 5.34. The van der Waals surface area contributed by atoms with Crippen molar-refractivity contribution >= 4 is 5.91 Å². The van der Waals surface area contributed by atoms with E-state index >= 15 is 0 Å². The van der Waals surface area contributed by atoms with Gasteiger partial charge in [0.25, 0.3) is 5.91 Å². The van der Waals surface area contributed by atoms with Gasteiger partial charge in [-0.1, -0.05) is 19.9 Å². The summed E-state index contributed by atoms with van der Waals surface area (Å²) in [5, 5.41) is 5.92. The van der Waals surface area contributed by atoms with Crippen LogP contribution in [0.3, 0.4) is 0 Å². The quantitative estimate of drug-likeness (QED) is 0.731. The smallest absolute Gasteiger partial charge is 0.257 e. The molecule has 1 amide bonds. The average molecular weight is 294 g/mol. The monoisotopic (exact) mass is 294 g/mol. The minimum atomic E-state index is -0.114. The standard InChI is InChI=1S/C16H26N2O3/c1-12(2)7-8-18-16(19)11-21-14-6-5-13(10-17-3)9-15(14)20-4/h5-6,9,12,17H,7-8,10-11H2,1-4H3,(H,18,19). The van der Waals surface area contributed by atoms with Gasteiger partial charge in [0.15, 0.2) is 18.1 Å². The average Bonchev–Trinajstić information content (AvgIpc) is 2.45. The summed E-state index contributed by atoms with van der Waals surface area (Å²) in [6.45, 7) is 5.69. The lowest BCUT2D eigenvalue weighted by Gasteiger charge is -2.12. The molecule has 0 saturated carbocycles. The Morgan fingerprint density at radius 2 is 2.05 bits per heavy atom. The third-order valence-corrected chi connectivity index (χ3v) is 3.01. The SMILES string of the molecule is CNCc1ccc(OCC(=O)NCCC(C)C)c(OC)c1. The molecular formula is C16H26N2O3. The van der Waals surface area contributed by atoms with E-state index in [1.54, 1.807) is 7.11 Å². The summed E-state index contributed by atoms with van der Waals surface area (Å²) < 4.78 is 10.8. The number of hydrogen-bond donors (Lipinski definition) is 2. The van der Waals surface area contributed by atoms with Gasteiger partial charge in [0, 0.05) is 13.1 Å². The van der Waals surface area contributed by atoms with Gasteiger partial charge in [0.2, 0.25) is 0 Å². The highest BCUT2D eigenvalue weighted by atomic mass is 16.5. The van der Waals surface area contributed by atoms with E-state index in [2.05, 4.69) is 24.5 Å². The van der Waals surface area contributed by atoms with Gasteiger partial charge in [-0.2, -0.15) is 0 Å². The van der Waals surface area contributed by atoms with Crippen LogP contribution in [0.2, 0.25) is 0 Å². The lowest BCUT2D eigenvalue weighted by atomic mass is 10.1. The molecule has 0 heterocycles. The van der Waals surface area contributed by atoms with E-state index in [9.17, 15) is 4.79 Å². The van der Waals surface area contributed by atoms with Crippen LogP contribution in [0.1, 0.15) is 25.8 Å². The Hall–Kier alpha value is -1.75. The summed E-state index contributed by atoms with van der Waals surface area (Å²) in [4.78, 5) is 11.7. The van der Waals surface area contributed by atoms with E-state index in [0.29, 0.717) is 24.0 Å². The molecule has 1 rings (SSSR count). The van der Waals surface area contributed by atoms with Crippen LogP contribution in [0.4, 0.5) is 0 Å². The highest BCUT2D eigenvalue weighted by Gasteiger charge is 2.08. The summed E-state index contributed by atoms with van der Waals surface area (Å²) >= 11 is 0. The number of methoxy groups -OCH3 is 1. The molecule has 0 saturated heterocycles. The van der Waals surface area contributed by atoms with Crippen LogP contribution in [-0.4, -0.2) is 33.2 Å². The van der Waals surface area contributed by atoms with Crippen LogP contribution < -0.4 is 20.1 Å². The van der Waals surface area contributed by atoms with Crippen LogP contribution in [0.5, 0.6) is 11.5 Å². The molecule has 0 bridgehead atoms. The molecule has 21 heavy (non-hydrogen) atoms. The van der Waals surface area contributed by atoms with Gasteiger partial charge in [-0.15, -0.1) is 0 Å². The van der Waals surface area contributed by atoms with E-state index in [-0.39, 0.29) is 12.5 Å². The van der Waals surface area contributed by atoms with Gasteiger partial charge >= 0.3 is 0 Å². The van der Waals surface area contributed by atoms with Crippen molar-refractivity contribution in [2.75, 3.05) is 27.3 Å². The lowest BCUT2D eigenvalue weighted by Crippen LogP contribution is -2.30. The highest BCUT2D eigenvalue weighted by molar-refractivity contribution is 5.77. The molecule has 0 fully saturated rings. The zero-order valence-electron chi connectivity index (χ0n) is 13.4. The fraction of sp³-hybridized carbons (Fsp3) is 0.562. The fourth-order valence-electron chi connectivity index (χ4n) is 1.84. The Morgan fingerprint density at radius 3 is 2.67 bits per heavy atom. The largest absolute Gasteiger partial charge is 0.493 e. The molecule has 1 aromatic carbocycles. The maximum atomic E-state index is 11.7. The van der Waals surface area contributed by atoms with Gasteiger partial charge in [0.1, 0.15) is 0 Å². The molecular weight excluding hydrogens is 268 g/mol. The van der Waals surface area contributed by atoms with Crippen molar-refractivity contribution in [1.29, 1.82) is 0 Å². The van der Waals surface area contributed by atoms with Crippen molar-refractivity contribution in [1.82, 2.24) is 10.6 Å². The van der Waals surface area contributed by atoms with Crippen LogP contribution >= 0.6 is 0 Å². The predicted molar refractivity (Wildman–Crippen MR) is 83.7 cm³/mol. The number of nitrogens with one attached hydrogen (secondary N) is 2. The van der Waals surface area contributed by atoms with Crippen molar-refractivity contribution < 1.29 is 14.3 Å². The maximum absolute atomic E-state index is 11.7. The van der Waals surface area contributed by atoms with E-state index < -0.39 is 0 Å². The van der Waals surface area contributed by atoms with Gasteiger partial charge in [-0.3, -0.25) is 4.79 Å². The van der Waals surface area contributed by atoms with E-state index in [1.807, 2.05) is 25.2 Å². The summed E-state index contributed by atoms with van der Waals surface area (Å²) in [5.74, 6) is 1.68. The molecule has 0 aliphatic rings. The fourth-order valence-corrected chi connectivity index (χ4v) is 1.84. The normalized spacial score (nSPS) is 10.5. The minimum Gasteiger partial charge on any atom is -0.493 e. The molecule has 0 unspecified atom stereocenters. The number of carbonyl (C=O) groups is 1. The topological polar surface area (TPSA) is 59.6 Å². The predicted octanol–water partition coefficient (Wildman–Crippen LogP) is 1.96. The summed E-state index contributed by atoms with van der Waals surface area (Å²) in [6.07, 6.45) is 0.966. The van der Waals surface area contributed by atoms with Crippen LogP contribution in [0.25, 0.3) is 0 Å². The summed E-state index contributed by atoms with van der Waals surface area (Å²) in [5.41, 5.74) is 1.10. The Kier molecular flexibility index (Phi) is 7.61. The van der Waals surface area contributed by atoms with Crippen LogP contribution in [0, 0.1) is 5.92 Å². The van der Waals surface area contributed by atoms with E-state index in [1.165, 1.54) is 0 Å². The van der Waals surface area contributed by atoms with E-state index in [0.717, 1.165) is 18.5 Å². The van der Waals surface area contributed by atoms with Gasteiger partial charge < -0.3 is 20.1 Å². The van der Waals surface area contributed by atoms with Crippen molar-refractivity contribution in [3.05, 3.63) is 23.8 Å².